The van der Waals surface area contributed by atoms with Gasteiger partial charge >= 0.3 is 0 Å². The van der Waals surface area contributed by atoms with Gasteiger partial charge in [0.25, 0.3) is 0 Å². The maximum Gasteiger partial charge on any atom is 0.249 e. The molecule has 112 valence electrons. The van der Waals surface area contributed by atoms with Crippen molar-refractivity contribution in [3.63, 3.8) is 0 Å². The first kappa shape index (κ1) is 15.4. The van der Waals surface area contributed by atoms with E-state index in [4.69, 9.17) is 0 Å². The van der Waals surface area contributed by atoms with Crippen molar-refractivity contribution in [1.29, 1.82) is 0 Å². The second-order valence-corrected chi connectivity index (χ2v) is 4.84. The zero-order valence-corrected chi connectivity index (χ0v) is 12.5. The van der Waals surface area contributed by atoms with Crippen molar-refractivity contribution in [1.82, 2.24) is 4.98 Å². The van der Waals surface area contributed by atoms with Gasteiger partial charge in [-0.05, 0) is 48.4 Å². The summed E-state index contributed by atoms with van der Waals surface area (Å²) in [5, 5.41) is 5.38. The topological polar surface area (TPSA) is 71.1 Å². The van der Waals surface area contributed by atoms with Crippen molar-refractivity contribution in [3.8, 4) is 0 Å². The zero-order chi connectivity index (χ0) is 15.9. The lowest BCUT2D eigenvalue weighted by Crippen LogP contribution is -2.09. The van der Waals surface area contributed by atoms with Crippen LogP contribution in [-0.4, -0.2) is 16.8 Å². The Labute approximate surface area is 129 Å². The molecule has 0 saturated carbocycles. The molecule has 0 bridgehead atoms. The van der Waals surface area contributed by atoms with Gasteiger partial charge < -0.3 is 10.6 Å². The van der Waals surface area contributed by atoms with Crippen LogP contribution in [0.2, 0.25) is 0 Å². The van der Waals surface area contributed by atoms with Gasteiger partial charge in [0, 0.05) is 24.9 Å². The maximum absolute atomic E-state index is 11.8. The van der Waals surface area contributed by atoms with Gasteiger partial charge in [-0.3, -0.25) is 9.59 Å². The van der Waals surface area contributed by atoms with Crippen molar-refractivity contribution in [2.75, 3.05) is 10.6 Å². The average molecular weight is 295 g/mol. The van der Waals surface area contributed by atoms with Crippen LogP contribution in [0.15, 0.2) is 48.7 Å². The highest BCUT2D eigenvalue weighted by Crippen LogP contribution is 2.11. The molecule has 0 aliphatic heterocycles. The summed E-state index contributed by atoms with van der Waals surface area (Å²) in [6.07, 6.45) is 4.79. The molecule has 1 aromatic heterocycles. The Morgan fingerprint density at radius 3 is 2.45 bits per heavy atom. The van der Waals surface area contributed by atoms with E-state index >= 15 is 0 Å². The first-order valence-electron chi connectivity index (χ1n) is 6.82. The molecule has 0 spiro atoms. The van der Waals surface area contributed by atoms with Crippen LogP contribution < -0.4 is 10.6 Å². The Bertz CT molecular complexity index is 706. The molecule has 0 fully saturated rings. The number of carbonyl (C=O) groups excluding carboxylic acids is 2. The summed E-state index contributed by atoms with van der Waals surface area (Å²) in [6.45, 7) is 3.39. The molecule has 0 unspecified atom stereocenters. The summed E-state index contributed by atoms with van der Waals surface area (Å²) < 4.78 is 0. The van der Waals surface area contributed by atoms with Gasteiger partial charge in [-0.15, -0.1) is 0 Å². The quantitative estimate of drug-likeness (QED) is 0.852. The highest BCUT2D eigenvalue weighted by atomic mass is 16.2. The number of hydrogen-bond donors (Lipinski definition) is 2. The lowest BCUT2D eigenvalue weighted by atomic mass is 10.2. The minimum atomic E-state index is -0.246. The Morgan fingerprint density at radius 1 is 1.09 bits per heavy atom. The standard InChI is InChI=1S/C17H17N3O2/c1-12-9-10-18-16(11-12)20-17(22)8-5-14-3-6-15(7-4-14)19-13(2)21/h3-11H,1-2H3,(H,19,21)(H,18,20,22)/b8-5+. The molecule has 2 N–H and O–H groups in total. The van der Waals surface area contributed by atoms with Gasteiger partial charge in [-0.1, -0.05) is 12.1 Å². The molecule has 0 aliphatic rings. The summed E-state index contributed by atoms with van der Waals surface area (Å²) in [4.78, 5) is 26.8. The molecule has 0 aliphatic carbocycles. The second-order valence-electron chi connectivity index (χ2n) is 4.84. The van der Waals surface area contributed by atoms with E-state index in [1.807, 2.05) is 25.1 Å². The van der Waals surface area contributed by atoms with Crippen molar-refractivity contribution in [3.05, 3.63) is 59.8 Å². The predicted octanol–water partition coefficient (Wildman–Crippen LogP) is 3.00. The van der Waals surface area contributed by atoms with Crippen LogP contribution in [0.5, 0.6) is 0 Å². The Morgan fingerprint density at radius 2 is 1.82 bits per heavy atom. The van der Waals surface area contributed by atoms with E-state index in [0.717, 1.165) is 16.8 Å². The van der Waals surface area contributed by atoms with E-state index < -0.39 is 0 Å². The van der Waals surface area contributed by atoms with E-state index in [-0.39, 0.29) is 11.8 Å². The summed E-state index contributed by atoms with van der Waals surface area (Å²) in [7, 11) is 0. The average Bonchev–Trinajstić information content (AvgIpc) is 2.46. The molecule has 1 heterocycles. The lowest BCUT2D eigenvalue weighted by Gasteiger charge is -2.02. The fourth-order valence-electron chi connectivity index (χ4n) is 1.83. The van der Waals surface area contributed by atoms with Gasteiger partial charge in [0.2, 0.25) is 11.8 Å². The lowest BCUT2D eigenvalue weighted by molar-refractivity contribution is -0.114. The maximum atomic E-state index is 11.8. The summed E-state index contributed by atoms with van der Waals surface area (Å²) in [6, 6.07) is 10.9. The third-order valence-electron chi connectivity index (χ3n) is 2.82. The van der Waals surface area contributed by atoms with Gasteiger partial charge in [-0.25, -0.2) is 4.98 Å². The van der Waals surface area contributed by atoms with E-state index in [1.54, 1.807) is 30.5 Å². The number of hydrogen-bond acceptors (Lipinski definition) is 3. The smallest absolute Gasteiger partial charge is 0.249 e. The van der Waals surface area contributed by atoms with Crippen LogP contribution in [0.3, 0.4) is 0 Å². The van der Waals surface area contributed by atoms with Crippen molar-refractivity contribution in [2.24, 2.45) is 0 Å². The number of benzene rings is 1. The molecule has 2 amide bonds. The minimum Gasteiger partial charge on any atom is -0.326 e. The SMILES string of the molecule is CC(=O)Nc1ccc(/C=C/C(=O)Nc2cc(C)ccn2)cc1. The fraction of sp³-hybridized carbons (Fsp3) is 0.118. The molecule has 22 heavy (non-hydrogen) atoms. The minimum absolute atomic E-state index is 0.117. The molecule has 1 aromatic carbocycles. The molecule has 0 radical (unpaired) electrons. The van der Waals surface area contributed by atoms with Crippen molar-refractivity contribution in [2.45, 2.75) is 13.8 Å². The van der Waals surface area contributed by atoms with Crippen LogP contribution in [0, 0.1) is 6.92 Å². The normalized spacial score (nSPS) is 10.5. The van der Waals surface area contributed by atoms with Crippen LogP contribution in [0.1, 0.15) is 18.1 Å². The van der Waals surface area contributed by atoms with Crippen molar-refractivity contribution < 1.29 is 9.59 Å². The molecular weight excluding hydrogens is 278 g/mol. The third-order valence-corrected chi connectivity index (χ3v) is 2.82. The number of anilines is 2. The molecule has 5 heteroatoms. The number of nitrogens with one attached hydrogen (secondary N) is 2. The Hall–Kier alpha value is -2.95. The number of aryl methyl sites for hydroxylation is 1. The molecule has 2 rings (SSSR count). The first-order chi connectivity index (χ1) is 10.5. The van der Waals surface area contributed by atoms with Gasteiger partial charge in [0.1, 0.15) is 5.82 Å². The molecular formula is C17H17N3O2. The number of amides is 2. The molecule has 2 aromatic rings. The number of nitrogens with zero attached hydrogens (tertiary/aromatic N) is 1. The molecule has 0 saturated heterocycles. The largest absolute Gasteiger partial charge is 0.326 e. The summed E-state index contributed by atoms with van der Waals surface area (Å²) >= 11 is 0. The second kappa shape index (κ2) is 7.17. The van der Waals surface area contributed by atoms with Crippen LogP contribution >= 0.6 is 0 Å². The third kappa shape index (κ3) is 4.86. The highest BCUT2D eigenvalue weighted by Gasteiger charge is 1.99. The number of pyridine rings is 1. The van der Waals surface area contributed by atoms with Crippen LogP contribution in [0.25, 0.3) is 6.08 Å². The zero-order valence-electron chi connectivity index (χ0n) is 12.5. The van der Waals surface area contributed by atoms with Crippen molar-refractivity contribution >= 4 is 29.4 Å². The van der Waals surface area contributed by atoms with E-state index in [0.29, 0.717) is 5.82 Å². The van der Waals surface area contributed by atoms with Gasteiger partial charge in [0.15, 0.2) is 0 Å². The van der Waals surface area contributed by atoms with Gasteiger partial charge in [0.05, 0.1) is 0 Å². The highest BCUT2D eigenvalue weighted by molar-refractivity contribution is 6.01. The number of carbonyl (C=O) groups is 2. The van der Waals surface area contributed by atoms with Gasteiger partial charge in [-0.2, -0.15) is 0 Å². The number of rotatable bonds is 4. The summed E-state index contributed by atoms with van der Waals surface area (Å²) in [5.41, 5.74) is 2.61. The van der Waals surface area contributed by atoms with Crippen LogP contribution in [0.4, 0.5) is 11.5 Å². The first-order valence-corrected chi connectivity index (χ1v) is 6.82. The predicted molar refractivity (Wildman–Crippen MR) is 87.4 cm³/mol. The monoisotopic (exact) mass is 295 g/mol. The van der Waals surface area contributed by atoms with E-state index in [2.05, 4.69) is 15.6 Å². The Kier molecular flexibility index (Phi) is 5.03. The molecule has 0 atom stereocenters. The van der Waals surface area contributed by atoms with Crippen LogP contribution in [-0.2, 0) is 9.59 Å². The fourth-order valence-corrected chi connectivity index (χ4v) is 1.83. The van der Waals surface area contributed by atoms with E-state index in [9.17, 15) is 9.59 Å². The van der Waals surface area contributed by atoms with E-state index in [1.165, 1.54) is 13.0 Å². The molecule has 5 nitrogen and oxygen atoms in total. The number of aromatic nitrogens is 1. The summed E-state index contributed by atoms with van der Waals surface area (Å²) in [5.74, 6) is 0.160. The Balaban J connectivity index is 1.96.